The van der Waals surface area contributed by atoms with Gasteiger partial charge >= 0.3 is 0 Å². The fourth-order valence-electron chi connectivity index (χ4n) is 3.39. The molecule has 0 bridgehead atoms. The van der Waals surface area contributed by atoms with Crippen LogP contribution in [0.15, 0.2) is 48.9 Å². The van der Waals surface area contributed by atoms with Crippen molar-refractivity contribution < 1.29 is 14.0 Å². The summed E-state index contributed by atoms with van der Waals surface area (Å²) in [5.74, 6) is 0.299. The molecule has 0 aliphatic carbocycles. The standard InChI is InChI=1S/C25H34ClN3O3Si/c1-25(2,3)33(4,5)32-22(15-29-16-23(24(27)30)28-17-29)7-6-12-31-21-11-9-18-8-10-20(26)13-19(18)14-21/h8-11,13-14,16-17,22H,6-7,12,15H2,1-5H3,(H2,27,30). The van der Waals surface area contributed by atoms with Crippen molar-refractivity contribution in [2.75, 3.05) is 6.61 Å². The molecule has 0 aliphatic heterocycles. The van der Waals surface area contributed by atoms with Crippen molar-refractivity contribution in [1.29, 1.82) is 0 Å². The van der Waals surface area contributed by atoms with E-state index >= 15 is 0 Å². The highest BCUT2D eigenvalue weighted by Gasteiger charge is 2.39. The molecule has 3 rings (SSSR count). The zero-order valence-electron chi connectivity index (χ0n) is 20.1. The van der Waals surface area contributed by atoms with Crippen LogP contribution >= 0.6 is 11.6 Å². The third-order valence-electron chi connectivity index (χ3n) is 6.28. The van der Waals surface area contributed by atoms with Crippen molar-refractivity contribution in [2.45, 2.75) is 64.4 Å². The van der Waals surface area contributed by atoms with Gasteiger partial charge in [0.1, 0.15) is 11.4 Å². The third kappa shape index (κ3) is 6.82. The molecule has 1 amide bonds. The lowest BCUT2D eigenvalue weighted by molar-refractivity contribution is 0.0995. The molecule has 0 saturated carbocycles. The van der Waals surface area contributed by atoms with Gasteiger partial charge in [-0.1, -0.05) is 44.5 Å². The van der Waals surface area contributed by atoms with E-state index in [-0.39, 0.29) is 16.8 Å². The van der Waals surface area contributed by atoms with Crippen molar-refractivity contribution in [3.8, 4) is 5.75 Å². The zero-order chi connectivity index (χ0) is 24.2. The highest BCUT2D eigenvalue weighted by Crippen LogP contribution is 2.38. The highest BCUT2D eigenvalue weighted by molar-refractivity contribution is 6.74. The van der Waals surface area contributed by atoms with E-state index in [1.165, 1.54) is 0 Å². The molecule has 6 nitrogen and oxygen atoms in total. The molecule has 3 aromatic rings. The maximum Gasteiger partial charge on any atom is 0.268 e. The Morgan fingerprint density at radius 3 is 2.58 bits per heavy atom. The summed E-state index contributed by atoms with van der Waals surface area (Å²) < 4.78 is 14.6. The van der Waals surface area contributed by atoms with Crippen LogP contribution in [0, 0.1) is 0 Å². The molecule has 0 fully saturated rings. The number of primary amides is 1. The van der Waals surface area contributed by atoms with Crippen LogP contribution in [0.1, 0.15) is 44.1 Å². The van der Waals surface area contributed by atoms with E-state index in [2.05, 4.69) is 38.8 Å². The van der Waals surface area contributed by atoms with Crippen molar-refractivity contribution in [3.63, 3.8) is 0 Å². The van der Waals surface area contributed by atoms with Gasteiger partial charge in [0, 0.05) is 17.8 Å². The molecule has 1 heterocycles. The number of benzene rings is 2. The Morgan fingerprint density at radius 2 is 1.91 bits per heavy atom. The first kappa shape index (κ1) is 25.3. The first-order valence-corrected chi connectivity index (χ1v) is 14.5. The fourth-order valence-corrected chi connectivity index (χ4v) is 4.95. The number of hydrogen-bond donors (Lipinski definition) is 1. The molecule has 1 aromatic heterocycles. The molecule has 1 atom stereocenters. The molecule has 33 heavy (non-hydrogen) atoms. The van der Waals surface area contributed by atoms with Crippen LogP contribution in [-0.2, 0) is 11.0 Å². The number of hydrogen-bond acceptors (Lipinski definition) is 4. The zero-order valence-corrected chi connectivity index (χ0v) is 21.9. The van der Waals surface area contributed by atoms with Crippen LogP contribution in [0.2, 0.25) is 23.2 Å². The minimum Gasteiger partial charge on any atom is -0.494 e. The van der Waals surface area contributed by atoms with Crippen LogP contribution in [0.3, 0.4) is 0 Å². The van der Waals surface area contributed by atoms with E-state index in [0.29, 0.717) is 18.2 Å². The molecule has 0 spiro atoms. The molecule has 2 N–H and O–H groups in total. The van der Waals surface area contributed by atoms with Crippen molar-refractivity contribution in [3.05, 3.63) is 59.6 Å². The quantitative estimate of drug-likeness (QED) is 0.279. The summed E-state index contributed by atoms with van der Waals surface area (Å²) in [6.45, 7) is 12.4. The minimum absolute atomic E-state index is 0.0140. The molecular weight excluding hydrogens is 454 g/mol. The normalized spacial score (nSPS) is 13.3. The number of aromatic nitrogens is 2. The van der Waals surface area contributed by atoms with Gasteiger partial charge in [0.25, 0.3) is 5.91 Å². The van der Waals surface area contributed by atoms with Gasteiger partial charge in [0.05, 0.1) is 19.0 Å². The predicted octanol–water partition coefficient (Wildman–Crippen LogP) is 6.04. The maximum atomic E-state index is 11.4. The van der Waals surface area contributed by atoms with E-state index in [1.54, 1.807) is 12.5 Å². The van der Waals surface area contributed by atoms with Gasteiger partial charge in [-0.05, 0) is 66.0 Å². The SMILES string of the molecule is CC(C)(C)[Si](C)(C)OC(CCCOc1ccc2ccc(Cl)cc2c1)Cn1cnc(C(N)=O)c1. The Labute approximate surface area is 202 Å². The Morgan fingerprint density at radius 1 is 1.18 bits per heavy atom. The number of ether oxygens (including phenoxy) is 1. The van der Waals surface area contributed by atoms with Gasteiger partial charge in [0.15, 0.2) is 8.32 Å². The molecule has 1 unspecified atom stereocenters. The molecular formula is C25H34ClN3O3Si. The summed E-state index contributed by atoms with van der Waals surface area (Å²) in [5, 5.41) is 3.00. The van der Waals surface area contributed by atoms with Gasteiger partial charge in [-0.25, -0.2) is 4.98 Å². The van der Waals surface area contributed by atoms with Gasteiger partial charge in [-0.2, -0.15) is 0 Å². The van der Waals surface area contributed by atoms with E-state index in [9.17, 15) is 4.79 Å². The second kappa shape index (κ2) is 10.3. The highest BCUT2D eigenvalue weighted by atomic mass is 35.5. The number of amides is 1. The van der Waals surface area contributed by atoms with Crippen LogP contribution < -0.4 is 10.5 Å². The van der Waals surface area contributed by atoms with Crippen LogP contribution in [0.25, 0.3) is 10.8 Å². The Balaban J connectivity index is 1.63. The Hall–Kier alpha value is -2.35. The number of rotatable bonds is 10. The van der Waals surface area contributed by atoms with E-state index in [0.717, 1.165) is 29.4 Å². The third-order valence-corrected chi connectivity index (χ3v) is 11.1. The van der Waals surface area contributed by atoms with E-state index in [4.69, 9.17) is 26.5 Å². The van der Waals surface area contributed by atoms with Gasteiger partial charge < -0.3 is 19.5 Å². The molecule has 2 aromatic carbocycles. The number of nitrogens with zero attached hydrogens (tertiary/aromatic N) is 2. The summed E-state index contributed by atoms with van der Waals surface area (Å²) in [6.07, 6.45) is 4.97. The number of fused-ring (bicyclic) bond motifs is 1. The number of halogens is 1. The van der Waals surface area contributed by atoms with Crippen LogP contribution in [-0.4, -0.2) is 36.5 Å². The number of imidazole rings is 1. The minimum atomic E-state index is -1.98. The number of carbonyl (C=O) groups is 1. The van der Waals surface area contributed by atoms with Gasteiger partial charge in [0.2, 0.25) is 0 Å². The van der Waals surface area contributed by atoms with Gasteiger partial charge in [-0.15, -0.1) is 0 Å². The molecule has 0 aliphatic rings. The molecule has 178 valence electrons. The van der Waals surface area contributed by atoms with Gasteiger partial charge in [-0.3, -0.25) is 4.79 Å². The predicted molar refractivity (Wildman–Crippen MR) is 137 cm³/mol. The van der Waals surface area contributed by atoms with Crippen LogP contribution in [0.4, 0.5) is 0 Å². The topological polar surface area (TPSA) is 79.4 Å². The average Bonchev–Trinajstić information content (AvgIpc) is 3.18. The second-order valence-electron chi connectivity index (χ2n) is 9.96. The van der Waals surface area contributed by atoms with Crippen molar-refractivity contribution in [2.24, 2.45) is 5.73 Å². The number of nitrogens with two attached hydrogens (primary N) is 1. The Kier molecular flexibility index (Phi) is 7.87. The summed E-state index contributed by atoms with van der Waals surface area (Å²) in [5.41, 5.74) is 5.61. The molecule has 8 heteroatoms. The lowest BCUT2D eigenvalue weighted by Crippen LogP contribution is -2.45. The van der Waals surface area contributed by atoms with E-state index < -0.39 is 14.2 Å². The lowest BCUT2D eigenvalue weighted by Gasteiger charge is -2.39. The average molecular weight is 488 g/mol. The largest absolute Gasteiger partial charge is 0.494 e. The van der Waals surface area contributed by atoms with Crippen LogP contribution in [0.5, 0.6) is 5.75 Å². The summed E-state index contributed by atoms with van der Waals surface area (Å²) >= 11 is 6.12. The first-order valence-electron chi connectivity index (χ1n) is 11.3. The summed E-state index contributed by atoms with van der Waals surface area (Å²) in [6, 6.07) is 11.9. The summed E-state index contributed by atoms with van der Waals surface area (Å²) in [7, 11) is -1.98. The van der Waals surface area contributed by atoms with Crippen molar-refractivity contribution >= 4 is 36.6 Å². The lowest BCUT2D eigenvalue weighted by atomic mass is 10.1. The number of carbonyl (C=O) groups excluding carboxylic acids is 1. The second-order valence-corrected chi connectivity index (χ2v) is 15.2. The smallest absolute Gasteiger partial charge is 0.268 e. The monoisotopic (exact) mass is 487 g/mol. The first-order chi connectivity index (χ1) is 15.4. The maximum absolute atomic E-state index is 11.4. The van der Waals surface area contributed by atoms with E-state index in [1.807, 2.05) is 41.0 Å². The summed E-state index contributed by atoms with van der Waals surface area (Å²) in [4.78, 5) is 15.5. The molecule has 0 saturated heterocycles. The molecule has 0 radical (unpaired) electrons. The fraction of sp³-hybridized carbons (Fsp3) is 0.440. The Bertz CT molecular complexity index is 1110. The van der Waals surface area contributed by atoms with Crippen molar-refractivity contribution in [1.82, 2.24) is 9.55 Å².